The molecule has 5 nitrogen and oxygen atoms in total. The minimum Gasteiger partial charge on any atom is -0.484 e. The van der Waals surface area contributed by atoms with Gasteiger partial charge >= 0.3 is 6.18 Å². The zero-order valence-electron chi connectivity index (χ0n) is 14.0. The van der Waals surface area contributed by atoms with E-state index in [0.717, 1.165) is 0 Å². The highest BCUT2D eigenvalue weighted by Crippen LogP contribution is 2.20. The van der Waals surface area contributed by atoms with Crippen LogP contribution >= 0.6 is 0 Å². The van der Waals surface area contributed by atoms with E-state index in [0.29, 0.717) is 16.5 Å². The van der Waals surface area contributed by atoms with Gasteiger partial charge in [0.05, 0.1) is 5.56 Å². The number of aromatic nitrogens is 1. The number of halogens is 3. The van der Waals surface area contributed by atoms with Gasteiger partial charge in [0, 0.05) is 23.5 Å². The molecule has 27 heavy (non-hydrogen) atoms. The Morgan fingerprint density at radius 2 is 1.85 bits per heavy atom. The van der Waals surface area contributed by atoms with Crippen molar-refractivity contribution in [3.8, 4) is 5.75 Å². The van der Waals surface area contributed by atoms with Crippen molar-refractivity contribution in [1.82, 2.24) is 10.3 Å². The molecule has 3 aromatic rings. The Kier molecular flexibility index (Phi) is 5.16. The highest BCUT2D eigenvalue weighted by atomic mass is 19.4. The second kappa shape index (κ2) is 7.53. The van der Waals surface area contributed by atoms with Crippen molar-refractivity contribution in [3.63, 3.8) is 0 Å². The maximum Gasteiger partial charge on any atom is 0.422 e. The summed E-state index contributed by atoms with van der Waals surface area (Å²) in [5, 5.41) is 3.26. The molecule has 0 atom stereocenters. The number of hydrogen-bond donors (Lipinski definition) is 2. The molecule has 2 N–H and O–H groups in total. The molecular formula is C19H15F3N2O3. The fraction of sp³-hybridized carbons (Fsp3) is 0.158. The minimum absolute atomic E-state index is 0.0562. The predicted molar refractivity (Wildman–Crippen MR) is 93.7 cm³/mol. The molecule has 1 amide bonds. The number of benzene rings is 2. The van der Waals surface area contributed by atoms with Gasteiger partial charge < -0.3 is 15.0 Å². The molecule has 1 heterocycles. The number of carbonyl (C=O) groups excluding carboxylic acids is 1. The number of carbonyl (C=O) groups is 1. The topological polar surface area (TPSA) is 71.2 Å². The first kappa shape index (κ1) is 18.5. The monoisotopic (exact) mass is 376 g/mol. The molecule has 0 unspecified atom stereocenters. The van der Waals surface area contributed by atoms with E-state index in [1.165, 1.54) is 24.3 Å². The Morgan fingerprint density at radius 1 is 1.07 bits per heavy atom. The average molecular weight is 376 g/mol. The van der Waals surface area contributed by atoms with Gasteiger partial charge in [-0.05, 0) is 23.8 Å². The lowest BCUT2D eigenvalue weighted by Crippen LogP contribution is -2.25. The van der Waals surface area contributed by atoms with E-state index in [4.69, 9.17) is 4.74 Å². The number of aromatic amines is 1. The molecule has 8 heteroatoms. The maximum atomic E-state index is 12.5. The zero-order valence-corrected chi connectivity index (χ0v) is 14.0. The van der Waals surface area contributed by atoms with Gasteiger partial charge in [0.25, 0.3) is 5.91 Å². The zero-order chi connectivity index (χ0) is 19.4. The molecule has 0 aliphatic heterocycles. The number of pyridine rings is 1. The van der Waals surface area contributed by atoms with Crippen LogP contribution in [-0.2, 0) is 6.54 Å². The smallest absolute Gasteiger partial charge is 0.422 e. The van der Waals surface area contributed by atoms with Crippen LogP contribution in [0.5, 0.6) is 5.75 Å². The normalized spacial score (nSPS) is 11.4. The molecule has 0 aliphatic rings. The van der Waals surface area contributed by atoms with Gasteiger partial charge in [-0.15, -0.1) is 0 Å². The summed E-state index contributed by atoms with van der Waals surface area (Å²) in [5.41, 5.74) is 0.926. The van der Waals surface area contributed by atoms with Crippen molar-refractivity contribution in [3.05, 3.63) is 76.1 Å². The van der Waals surface area contributed by atoms with E-state index in [2.05, 4.69) is 10.3 Å². The van der Waals surface area contributed by atoms with E-state index in [-0.39, 0.29) is 17.9 Å². The second-order valence-electron chi connectivity index (χ2n) is 5.83. The number of amides is 1. The third kappa shape index (κ3) is 4.87. The third-order valence-electron chi connectivity index (χ3n) is 3.75. The molecule has 0 saturated carbocycles. The molecule has 3 rings (SSSR count). The molecule has 140 valence electrons. The minimum atomic E-state index is -4.42. The summed E-state index contributed by atoms with van der Waals surface area (Å²) in [6.45, 7) is -1.31. The van der Waals surface area contributed by atoms with Crippen LogP contribution in [0.15, 0.2) is 59.4 Å². The summed E-state index contributed by atoms with van der Waals surface area (Å²) in [4.78, 5) is 26.9. The average Bonchev–Trinajstić information content (AvgIpc) is 2.63. The highest BCUT2D eigenvalue weighted by molar-refractivity contribution is 6.05. The Morgan fingerprint density at radius 3 is 2.63 bits per heavy atom. The first-order valence-corrected chi connectivity index (χ1v) is 8.00. The van der Waals surface area contributed by atoms with Crippen molar-refractivity contribution >= 4 is 16.8 Å². The number of nitrogens with one attached hydrogen (secondary N) is 2. The summed E-state index contributed by atoms with van der Waals surface area (Å²) >= 11 is 0. The summed E-state index contributed by atoms with van der Waals surface area (Å²) < 4.78 is 41.4. The van der Waals surface area contributed by atoms with E-state index >= 15 is 0 Å². The van der Waals surface area contributed by atoms with Crippen LogP contribution in [0.1, 0.15) is 15.9 Å². The van der Waals surface area contributed by atoms with Gasteiger partial charge in [0.2, 0.25) is 5.56 Å². The molecule has 0 spiro atoms. The summed E-state index contributed by atoms with van der Waals surface area (Å²) in [6, 6.07) is 14.1. The molecule has 2 aromatic carbocycles. The first-order valence-electron chi connectivity index (χ1n) is 8.00. The Labute approximate surface area is 151 Å². The second-order valence-corrected chi connectivity index (χ2v) is 5.83. The lowest BCUT2D eigenvalue weighted by Gasteiger charge is -2.11. The summed E-state index contributed by atoms with van der Waals surface area (Å²) in [7, 11) is 0. The van der Waals surface area contributed by atoms with E-state index in [9.17, 15) is 22.8 Å². The summed E-state index contributed by atoms with van der Waals surface area (Å²) in [6.07, 6.45) is -4.42. The fourth-order valence-corrected chi connectivity index (χ4v) is 2.58. The molecule has 0 radical (unpaired) electrons. The molecule has 0 saturated heterocycles. The SMILES string of the molecule is O=C(NCc1cccc(OCC(F)(F)F)c1)c1cc(=O)[nH]c2ccccc12. The highest BCUT2D eigenvalue weighted by Gasteiger charge is 2.28. The van der Waals surface area contributed by atoms with Crippen LogP contribution in [0.3, 0.4) is 0 Å². The predicted octanol–water partition coefficient (Wildman–Crippen LogP) is 3.40. The number of ether oxygens (including phenoxy) is 1. The molecule has 0 aliphatic carbocycles. The Hall–Kier alpha value is -3.29. The summed E-state index contributed by atoms with van der Waals surface area (Å²) in [5.74, 6) is -0.403. The van der Waals surface area contributed by atoms with Crippen LogP contribution in [0.4, 0.5) is 13.2 Å². The third-order valence-corrected chi connectivity index (χ3v) is 3.75. The lowest BCUT2D eigenvalue weighted by molar-refractivity contribution is -0.153. The lowest BCUT2D eigenvalue weighted by atomic mass is 10.1. The van der Waals surface area contributed by atoms with E-state index in [1.807, 2.05) is 0 Å². The standard InChI is InChI=1S/C19H15F3N2O3/c20-19(21,22)11-27-13-5-3-4-12(8-13)10-23-18(26)15-9-17(25)24-16-7-2-1-6-14(15)16/h1-9H,10-11H2,(H,23,26)(H,24,25). The number of para-hydroxylation sites is 1. The largest absolute Gasteiger partial charge is 0.484 e. The van der Waals surface area contributed by atoms with Gasteiger partial charge in [-0.25, -0.2) is 0 Å². The molecular weight excluding hydrogens is 361 g/mol. The molecule has 0 bridgehead atoms. The first-order chi connectivity index (χ1) is 12.8. The van der Waals surface area contributed by atoms with Crippen LogP contribution in [-0.4, -0.2) is 23.7 Å². The molecule has 1 aromatic heterocycles. The Bertz CT molecular complexity index is 1030. The van der Waals surface area contributed by atoms with Crippen LogP contribution in [0.2, 0.25) is 0 Å². The van der Waals surface area contributed by atoms with Gasteiger partial charge in [0.15, 0.2) is 6.61 Å². The van der Waals surface area contributed by atoms with Gasteiger partial charge in [-0.3, -0.25) is 9.59 Å². The Balaban J connectivity index is 1.72. The van der Waals surface area contributed by atoms with Crippen LogP contribution in [0, 0.1) is 0 Å². The van der Waals surface area contributed by atoms with Crippen molar-refractivity contribution in [2.75, 3.05) is 6.61 Å². The number of hydrogen-bond acceptors (Lipinski definition) is 3. The number of fused-ring (bicyclic) bond motifs is 1. The maximum absolute atomic E-state index is 12.5. The van der Waals surface area contributed by atoms with Gasteiger partial charge in [0.1, 0.15) is 5.75 Å². The van der Waals surface area contributed by atoms with Crippen molar-refractivity contribution in [2.24, 2.45) is 0 Å². The molecule has 0 fully saturated rings. The van der Waals surface area contributed by atoms with Gasteiger partial charge in [-0.2, -0.15) is 13.2 Å². The quantitative estimate of drug-likeness (QED) is 0.717. The van der Waals surface area contributed by atoms with Crippen molar-refractivity contribution in [1.29, 1.82) is 0 Å². The van der Waals surface area contributed by atoms with Crippen LogP contribution < -0.4 is 15.6 Å². The van der Waals surface area contributed by atoms with E-state index in [1.54, 1.807) is 30.3 Å². The van der Waals surface area contributed by atoms with Crippen molar-refractivity contribution < 1.29 is 22.7 Å². The van der Waals surface area contributed by atoms with Gasteiger partial charge in [-0.1, -0.05) is 30.3 Å². The number of alkyl halides is 3. The van der Waals surface area contributed by atoms with E-state index < -0.39 is 24.2 Å². The number of rotatable bonds is 5. The fourth-order valence-electron chi connectivity index (χ4n) is 2.58. The number of H-pyrrole nitrogens is 1. The van der Waals surface area contributed by atoms with Crippen LogP contribution in [0.25, 0.3) is 10.9 Å². The van der Waals surface area contributed by atoms with Crippen molar-refractivity contribution in [2.45, 2.75) is 12.7 Å².